The van der Waals surface area contributed by atoms with E-state index < -0.39 is 0 Å². The highest BCUT2D eigenvalue weighted by molar-refractivity contribution is 7.99. The summed E-state index contributed by atoms with van der Waals surface area (Å²) in [4.78, 5) is 24.5. The molecule has 0 aliphatic rings. The number of carbonyl (C=O) groups is 2. The van der Waals surface area contributed by atoms with Gasteiger partial charge in [-0.15, -0.1) is 11.8 Å². The van der Waals surface area contributed by atoms with Crippen LogP contribution in [0.4, 0.5) is 5.69 Å². The van der Waals surface area contributed by atoms with Crippen LogP contribution in [0, 0.1) is 13.8 Å². The van der Waals surface area contributed by atoms with Crippen molar-refractivity contribution in [3.8, 4) is 0 Å². The number of nitrogens with one attached hydrogen (secondary N) is 2. The average Bonchev–Trinajstić information content (AvgIpc) is 2.77. The minimum Gasteiger partial charge on any atom is -0.322 e. The molecule has 2 N–H and O–H groups in total. The maximum absolute atomic E-state index is 12.3. The molecule has 0 saturated carbocycles. The number of nitrogens with zero attached hydrogens (tertiary/aromatic N) is 1. The Hall–Kier alpha value is -3.38. The second kappa shape index (κ2) is 11.3. The molecule has 0 heterocycles. The van der Waals surface area contributed by atoms with Crippen LogP contribution in [0.5, 0.6) is 0 Å². The molecule has 0 saturated heterocycles. The molecule has 0 radical (unpaired) electrons. The van der Waals surface area contributed by atoms with Crippen molar-refractivity contribution < 1.29 is 9.59 Å². The Morgan fingerprint density at radius 3 is 2.28 bits per heavy atom. The van der Waals surface area contributed by atoms with Gasteiger partial charge in [0.1, 0.15) is 0 Å². The van der Waals surface area contributed by atoms with E-state index in [-0.39, 0.29) is 11.8 Å². The Morgan fingerprint density at radius 1 is 0.875 bits per heavy atom. The van der Waals surface area contributed by atoms with Gasteiger partial charge in [0, 0.05) is 17.0 Å². The summed E-state index contributed by atoms with van der Waals surface area (Å²) in [5.74, 6) is 0.789. The molecule has 32 heavy (non-hydrogen) atoms. The molecule has 0 fully saturated rings. The number of hydrogen-bond acceptors (Lipinski definition) is 4. The maximum Gasteiger partial charge on any atom is 0.255 e. The van der Waals surface area contributed by atoms with Gasteiger partial charge in [-0.1, -0.05) is 59.7 Å². The quantitative estimate of drug-likeness (QED) is 0.364. The molecule has 0 aromatic heterocycles. The van der Waals surface area contributed by atoms with Crippen LogP contribution in [0.1, 0.15) is 39.5 Å². The van der Waals surface area contributed by atoms with E-state index >= 15 is 0 Å². The van der Waals surface area contributed by atoms with Crippen molar-refractivity contribution in [3.05, 3.63) is 101 Å². The largest absolute Gasteiger partial charge is 0.322 e. The van der Waals surface area contributed by atoms with Gasteiger partial charge >= 0.3 is 0 Å². The molecule has 2 amide bonds. The Kier molecular flexibility index (Phi) is 8.22. The molecule has 0 aliphatic carbocycles. The highest BCUT2D eigenvalue weighted by atomic mass is 32.2. The predicted octanol–water partition coefficient (Wildman–Crippen LogP) is 5.33. The highest BCUT2D eigenvalue weighted by Gasteiger charge is 2.07. The molecule has 164 valence electrons. The zero-order valence-electron chi connectivity index (χ0n) is 18.5. The van der Waals surface area contributed by atoms with Crippen molar-refractivity contribution in [1.82, 2.24) is 5.43 Å². The molecule has 3 aromatic rings. The van der Waals surface area contributed by atoms with E-state index in [1.165, 1.54) is 16.7 Å². The lowest BCUT2D eigenvalue weighted by Gasteiger charge is -2.08. The summed E-state index contributed by atoms with van der Waals surface area (Å²) in [6.45, 7) is 5.97. The topological polar surface area (TPSA) is 70.6 Å². The Labute approximate surface area is 193 Å². The second-order valence-corrected chi connectivity index (χ2v) is 8.61. The van der Waals surface area contributed by atoms with E-state index in [9.17, 15) is 9.59 Å². The fourth-order valence-electron chi connectivity index (χ4n) is 3.27. The smallest absolute Gasteiger partial charge is 0.255 e. The number of hydrazone groups is 1. The van der Waals surface area contributed by atoms with Gasteiger partial charge in [-0.25, -0.2) is 5.43 Å². The first-order valence-electron chi connectivity index (χ1n) is 10.4. The van der Waals surface area contributed by atoms with Crippen LogP contribution in [0.3, 0.4) is 0 Å². The van der Waals surface area contributed by atoms with E-state index in [0.29, 0.717) is 22.7 Å². The van der Waals surface area contributed by atoms with Crippen LogP contribution in [0.2, 0.25) is 0 Å². The van der Waals surface area contributed by atoms with Crippen molar-refractivity contribution >= 4 is 35.0 Å². The van der Waals surface area contributed by atoms with Gasteiger partial charge in [0.15, 0.2) is 0 Å². The molecular formula is C26H27N3O2S. The number of benzene rings is 3. The summed E-state index contributed by atoms with van der Waals surface area (Å²) in [5, 5.41) is 7.10. The minimum absolute atomic E-state index is 0.146. The lowest BCUT2D eigenvalue weighted by atomic mass is 10.1. The number of anilines is 1. The van der Waals surface area contributed by atoms with Crippen molar-refractivity contribution in [3.63, 3.8) is 0 Å². The number of thioether (sulfide) groups is 1. The maximum atomic E-state index is 12.3. The first-order valence-corrected chi connectivity index (χ1v) is 11.5. The molecule has 6 heteroatoms. The first-order chi connectivity index (χ1) is 15.4. The third-order valence-corrected chi connectivity index (χ3v) is 5.71. The summed E-state index contributed by atoms with van der Waals surface area (Å²) >= 11 is 1.56. The van der Waals surface area contributed by atoms with Crippen molar-refractivity contribution in [1.29, 1.82) is 0 Å². The normalized spacial score (nSPS) is 11.2. The summed E-state index contributed by atoms with van der Waals surface area (Å²) < 4.78 is 0. The summed E-state index contributed by atoms with van der Waals surface area (Å²) in [6.07, 6.45) is 0. The molecule has 3 rings (SSSR count). The lowest BCUT2D eigenvalue weighted by Crippen LogP contribution is -2.21. The van der Waals surface area contributed by atoms with Crippen molar-refractivity contribution in [2.75, 3.05) is 11.1 Å². The SMILES string of the molecule is C/C(=N/NC(=O)CSCc1cc(C)cc(C)c1)c1cccc(NC(=O)c2ccccc2)c1. The Balaban J connectivity index is 1.52. The summed E-state index contributed by atoms with van der Waals surface area (Å²) in [7, 11) is 0. The molecule has 5 nitrogen and oxygen atoms in total. The van der Waals surface area contributed by atoms with E-state index in [2.05, 4.69) is 47.9 Å². The third-order valence-electron chi connectivity index (χ3n) is 4.71. The summed E-state index contributed by atoms with van der Waals surface area (Å²) in [5.41, 5.74) is 9.03. The van der Waals surface area contributed by atoms with Gasteiger partial charge in [-0.3, -0.25) is 9.59 Å². The fourth-order valence-corrected chi connectivity index (χ4v) is 4.03. The van der Waals surface area contributed by atoms with Crippen LogP contribution >= 0.6 is 11.8 Å². The number of carbonyl (C=O) groups excluding carboxylic acids is 2. The van der Waals surface area contributed by atoms with E-state index in [1.54, 1.807) is 23.9 Å². The van der Waals surface area contributed by atoms with Crippen molar-refractivity contribution in [2.45, 2.75) is 26.5 Å². The average molecular weight is 446 g/mol. The van der Waals surface area contributed by atoms with Crippen LogP contribution in [-0.4, -0.2) is 23.3 Å². The van der Waals surface area contributed by atoms with Gasteiger partial charge in [-0.2, -0.15) is 5.10 Å². The van der Waals surface area contributed by atoms with Gasteiger partial charge < -0.3 is 5.32 Å². The molecule has 3 aromatic carbocycles. The van der Waals surface area contributed by atoms with Gasteiger partial charge in [0.25, 0.3) is 5.91 Å². The number of aryl methyl sites for hydroxylation is 2. The zero-order chi connectivity index (χ0) is 22.9. The fraction of sp³-hybridized carbons (Fsp3) is 0.192. The molecule has 0 unspecified atom stereocenters. The minimum atomic E-state index is -0.175. The lowest BCUT2D eigenvalue weighted by molar-refractivity contribution is -0.118. The van der Waals surface area contributed by atoms with Gasteiger partial charge in [0.05, 0.1) is 11.5 Å². The van der Waals surface area contributed by atoms with Gasteiger partial charge in [-0.05, 0) is 56.2 Å². The summed E-state index contributed by atoms with van der Waals surface area (Å²) in [6, 6.07) is 22.9. The number of rotatable bonds is 8. The van der Waals surface area contributed by atoms with Crippen LogP contribution < -0.4 is 10.7 Å². The van der Waals surface area contributed by atoms with Crippen molar-refractivity contribution in [2.24, 2.45) is 5.10 Å². The van der Waals surface area contributed by atoms with E-state index in [1.807, 2.05) is 49.4 Å². The second-order valence-electron chi connectivity index (χ2n) is 7.62. The van der Waals surface area contributed by atoms with E-state index in [4.69, 9.17) is 0 Å². The zero-order valence-corrected chi connectivity index (χ0v) is 19.3. The molecule has 0 atom stereocenters. The Morgan fingerprint density at radius 2 is 1.56 bits per heavy atom. The van der Waals surface area contributed by atoms with Crippen LogP contribution in [0.15, 0.2) is 77.9 Å². The first kappa shape index (κ1) is 23.3. The number of amides is 2. The van der Waals surface area contributed by atoms with E-state index in [0.717, 1.165) is 11.3 Å². The molecule has 0 bridgehead atoms. The standard InChI is InChI=1S/C26H27N3O2S/c1-18-12-19(2)14-21(13-18)16-32-17-25(30)29-28-20(3)23-10-7-11-24(15-23)27-26(31)22-8-5-4-6-9-22/h4-15H,16-17H2,1-3H3,(H,27,31)(H,29,30)/b28-20-. The molecule has 0 aliphatic heterocycles. The Bertz CT molecular complexity index is 1110. The van der Waals surface area contributed by atoms with Gasteiger partial charge in [0.2, 0.25) is 5.91 Å². The number of hydrogen-bond donors (Lipinski definition) is 2. The molecular weight excluding hydrogens is 418 g/mol. The van der Waals surface area contributed by atoms with Crippen LogP contribution in [0.25, 0.3) is 0 Å². The monoisotopic (exact) mass is 445 g/mol. The molecule has 0 spiro atoms. The highest BCUT2D eigenvalue weighted by Crippen LogP contribution is 2.16. The van der Waals surface area contributed by atoms with Crippen LogP contribution in [-0.2, 0) is 10.5 Å². The predicted molar refractivity (Wildman–Crippen MR) is 133 cm³/mol. The third kappa shape index (κ3) is 7.10.